The van der Waals surface area contributed by atoms with Gasteiger partial charge in [0.25, 0.3) is 0 Å². The summed E-state index contributed by atoms with van der Waals surface area (Å²) in [5.74, 6) is 1.03. The second-order valence-corrected chi connectivity index (χ2v) is 4.88. The van der Waals surface area contributed by atoms with Gasteiger partial charge in [-0.25, -0.2) is 0 Å². The van der Waals surface area contributed by atoms with Crippen molar-refractivity contribution in [3.63, 3.8) is 0 Å². The van der Waals surface area contributed by atoms with Gasteiger partial charge < -0.3 is 29.0 Å². The normalized spacial score (nSPS) is 17.6. The quantitative estimate of drug-likeness (QED) is 0.843. The average Bonchev–Trinajstić information content (AvgIpc) is 2.53. The van der Waals surface area contributed by atoms with Crippen molar-refractivity contribution in [2.24, 2.45) is 0 Å². The van der Waals surface area contributed by atoms with Crippen molar-refractivity contribution < 1.29 is 28.5 Å². The number of ether oxygens (including phenoxy) is 5. The first kappa shape index (κ1) is 17.5. The van der Waals surface area contributed by atoms with E-state index in [9.17, 15) is 4.79 Å². The summed E-state index contributed by atoms with van der Waals surface area (Å²) in [7, 11) is 0. The van der Waals surface area contributed by atoms with Gasteiger partial charge in [-0.3, -0.25) is 4.79 Å². The van der Waals surface area contributed by atoms with Crippen LogP contribution in [-0.4, -0.2) is 58.8 Å². The molecule has 7 heteroatoms. The van der Waals surface area contributed by atoms with Gasteiger partial charge in [-0.15, -0.1) is 0 Å². The van der Waals surface area contributed by atoms with Gasteiger partial charge in [-0.2, -0.15) is 0 Å². The molecule has 1 aliphatic heterocycles. The lowest BCUT2D eigenvalue weighted by Gasteiger charge is -2.14. The van der Waals surface area contributed by atoms with E-state index >= 15 is 0 Å². The van der Waals surface area contributed by atoms with Gasteiger partial charge in [-0.05, 0) is 12.1 Å². The van der Waals surface area contributed by atoms with E-state index in [2.05, 4.69) is 5.32 Å². The SMILES string of the molecule is CC(=O)Nc1ccc2c(c1)OCCOCCOCCOCCO2. The fourth-order valence-electron chi connectivity index (χ4n) is 1.98. The third kappa shape index (κ3) is 6.85. The molecule has 1 aromatic rings. The van der Waals surface area contributed by atoms with Crippen LogP contribution >= 0.6 is 0 Å². The summed E-state index contributed by atoms with van der Waals surface area (Å²) in [6.07, 6.45) is 0. The van der Waals surface area contributed by atoms with Crippen LogP contribution in [0.4, 0.5) is 5.69 Å². The van der Waals surface area contributed by atoms with Crippen molar-refractivity contribution >= 4 is 11.6 Å². The Kier molecular flexibility index (Phi) is 7.65. The minimum absolute atomic E-state index is 0.139. The van der Waals surface area contributed by atoms with Gasteiger partial charge >= 0.3 is 0 Å². The highest BCUT2D eigenvalue weighted by atomic mass is 16.6. The molecule has 23 heavy (non-hydrogen) atoms. The van der Waals surface area contributed by atoms with Gasteiger partial charge in [0.1, 0.15) is 13.2 Å². The molecule has 1 amide bonds. The summed E-state index contributed by atoms with van der Waals surface area (Å²) >= 11 is 0. The predicted molar refractivity (Wildman–Crippen MR) is 84.2 cm³/mol. The van der Waals surface area contributed by atoms with Gasteiger partial charge in [0.05, 0.1) is 39.6 Å². The Morgan fingerprint density at radius 3 is 1.91 bits per heavy atom. The van der Waals surface area contributed by atoms with Crippen LogP contribution < -0.4 is 14.8 Å². The molecule has 1 heterocycles. The number of fused-ring (bicyclic) bond motifs is 1. The molecule has 0 unspecified atom stereocenters. The molecule has 7 nitrogen and oxygen atoms in total. The molecule has 0 aliphatic carbocycles. The monoisotopic (exact) mass is 325 g/mol. The summed E-state index contributed by atoms with van der Waals surface area (Å²) in [5, 5.41) is 2.72. The third-order valence-electron chi connectivity index (χ3n) is 2.98. The van der Waals surface area contributed by atoms with E-state index in [4.69, 9.17) is 23.7 Å². The summed E-state index contributed by atoms with van der Waals surface area (Å²) in [6, 6.07) is 5.27. The number of carbonyl (C=O) groups is 1. The number of hydrogen-bond donors (Lipinski definition) is 1. The van der Waals surface area contributed by atoms with E-state index in [1.54, 1.807) is 18.2 Å². The van der Waals surface area contributed by atoms with Gasteiger partial charge in [0.15, 0.2) is 11.5 Å². The molecule has 0 saturated carbocycles. The lowest BCUT2D eigenvalue weighted by Crippen LogP contribution is -2.13. The first-order valence-corrected chi connectivity index (χ1v) is 7.66. The standard InChI is InChI=1S/C16H23NO6/c1-13(18)17-14-2-3-15-16(12-14)23-11-9-21-7-5-19-4-6-20-8-10-22-15/h2-3,12H,4-11H2,1H3,(H,17,18). The summed E-state index contributed by atoms with van der Waals surface area (Å²) < 4.78 is 27.6. The minimum atomic E-state index is -0.139. The molecule has 1 N–H and O–H groups in total. The maximum Gasteiger partial charge on any atom is 0.221 e. The molecule has 0 atom stereocenters. The highest BCUT2D eigenvalue weighted by molar-refractivity contribution is 5.89. The number of rotatable bonds is 1. The van der Waals surface area contributed by atoms with E-state index in [-0.39, 0.29) is 5.91 Å². The number of anilines is 1. The number of hydrogen-bond acceptors (Lipinski definition) is 6. The highest BCUT2D eigenvalue weighted by Crippen LogP contribution is 2.30. The van der Waals surface area contributed by atoms with Crippen LogP contribution in [0.3, 0.4) is 0 Å². The van der Waals surface area contributed by atoms with Crippen molar-refractivity contribution in [3.8, 4) is 11.5 Å². The van der Waals surface area contributed by atoms with E-state index in [0.29, 0.717) is 70.0 Å². The molecule has 1 aliphatic rings. The smallest absolute Gasteiger partial charge is 0.221 e. The Hall–Kier alpha value is -1.83. The Balaban J connectivity index is 2.01. The molecule has 2 rings (SSSR count). The topological polar surface area (TPSA) is 75.3 Å². The van der Waals surface area contributed by atoms with Crippen molar-refractivity contribution in [3.05, 3.63) is 18.2 Å². The van der Waals surface area contributed by atoms with Crippen molar-refractivity contribution in [1.82, 2.24) is 0 Å². The van der Waals surface area contributed by atoms with Crippen molar-refractivity contribution in [2.45, 2.75) is 6.92 Å². The zero-order valence-electron chi connectivity index (χ0n) is 13.3. The number of amides is 1. The molecule has 1 aromatic carbocycles. The molecule has 0 bridgehead atoms. The maximum absolute atomic E-state index is 11.2. The van der Waals surface area contributed by atoms with Crippen LogP contribution in [-0.2, 0) is 19.0 Å². The first-order valence-electron chi connectivity index (χ1n) is 7.66. The van der Waals surface area contributed by atoms with Crippen molar-refractivity contribution in [1.29, 1.82) is 0 Å². The Labute approximate surface area is 135 Å². The van der Waals surface area contributed by atoms with E-state index in [1.807, 2.05) is 0 Å². The van der Waals surface area contributed by atoms with Crippen LogP contribution in [0, 0.1) is 0 Å². The molecule has 0 saturated heterocycles. The second-order valence-electron chi connectivity index (χ2n) is 4.88. The summed E-state index contributed by atoms with van der Waals surface area (Å²) in [4.78, 5) is 11.2. The maximum atomic E-state index is 11.2. The zero-order chi connectivity index (χ0) is 16.3. The van der Waals surface area contributed by atoms with E-state index < -0.39 is 0 Å². The predicted octanol–water partition coefficient (Wildman–Crippen LogP) is 1.47. The molecule has 0 aromatic heterocycles. The fourth-order valence-corrected chi connectivity index (χ4v) is 1.98. The fraction of sp³-hybridized carbons (Fsp3) is 0.562. The highest BCUT2D eigenvalue weighted by Gasteiger charge is 2.08. The molecule has 0 radical (unpaired) electrons. The van der Waals surface area contributed by atoms with Crippen LogP contribution in [0.25, 0.3) is 0 Å². The van der Waals surface area contributed by atoms with Gasteiger partial charge in [-0.1, -0.05) is 0 Å². The minimum Gasteiger partial charge on any atom is -0.487 e. The molecule has 128 valence electrons. The summed E-state index contributed by atoms with van der Waals surface area (Å²) in [6.45, 7) is 5.27. The van der Waals surface area contributed by atoms with Gasteiger partial charge in [0.2, 0.25) is 5.91 Å². The Bertz CT molecular complexity index is 493. The third-order valence-corrected chi connectivity index (χ3v) is 2.98. The Morgan fingerprint density at radius 2 is 1.35 bits per heavy atom. The lowest BCUT2D eigenvalue weighted by atomic mass is 10.2. The van der Waals surface area contributed by atoms with Crippen LogP contribution in [0.5, 0.6) is 11.5 Å². The average molecular weight is 325 g/mol. The van der Waals surface area contributed by atoms with E-state index in [1.165, 1.54) is 6.92 Å². The lowest BCUT2D eigenvalue weighted by molar-refractivity contribution is -0.114. The van der Waals surface area contributed by atoms with Crippen LogP contribution in [0.1, 0.15) is 6.92 Å². The molecule has 0 spiro atoms. The number of benzene rings is 1. The Morgan fingerprint density at radius 1 is 0.826 bits per heavy atom. The van der Waals surface area contributed by atoms with E-state index in [0.717, 1.165) is 0 Å². The van der Waals surface area contributed by atoms with Crippen molar-refractivity contribution in [2.75, 3.05) is 58.2 Å². The van der Waals surface area contributed by atoms with Crippen LogP contribution in [0.2, 0.25) is 0 Å². The zero-order valence-corrected chi connectivity index (χ0v) is 13.3. The van der Waals surface area contributed by atoms with Crippen LogP contribution in [0.15, 0.2) is 18.2 Å². The molecular formula is C16H23NO6. The second kappa shape index (κ2) is 10.0. The molecular weight excluding hydrogens is 302 g/mol. The molecule has 0 fully saturated rings. The number of carbonyl (C=O) groups excluding carboxylic acids is 1. The largest absolute Gasteiger partial charge is 0.487 e. The van der Waals surface area contributed by atoms with Gasteiger partial charge in [0, 0.05) is 18.7 Å². The first-order chi connectivity index (χ1) is 11.3. The summed E-state index contributed by atoms with van der Waals surface area (Å²) in [5.41, 5.74) is 0.656. The number of nitrogens with one attached hydrogen (secondary N) is 1.